The van der Waals surface area contributed by atoms with E-state index in [9.17, 15) is 0 Å². The smallest absolute Gasteiger partial charge is 0.0521 e. The highest BCUT2D eigenvalue weighted by Gasteiger charge is 2.14. The molecule has 114 valence electrons. The highest BCUT2D eigenvalue weighted by atomic mass is 35.5. The molecule has 0 fully saturated rings. The molecule has 1 heterocycles. The SMILES string of the molecule is CCn1cc(CC(CNC(C)C)c2cccc(Cl)c2)cn1. The molecule has 0 aliphatic heterocycles. The summed E-state index contributed by atoms with van der Waals surface area (Å²) in [5, 5.41) is 8.70. The van der Waals surface area contributed by atoms with Gasteiger partial charge in [0.15, 0.2) is 0 Å². The van der Waals surface area contributed by atoms with Crippen molar-refractivity contribution in [2.45, 2.75) is 45.7 Å². The molecule has 0 aliphatic rings. The second-order valence-electron chi connectivity index (χ2n) is 5.72. The Morgan fingerprint density at radius 1 is 1.33 bits per heavy atom. The van der Waals surface area contributed by atoms with Crippen molar-refractivity contribution >= 4 is 11.6 Å². The van der Waals surface area contributed by atoms with Crippen molar-refractivity contribution in [3.05, 3.63) is 52.8 Å². The van der Waals surface area contributed by atoms with Crippen molar-refractivity contribution < 1.29 is 0 Å². The Kier molecular flexibility index (Phi) is 5.83. The van der Waals surface area contributed by atoms with Crippen LogP contribution in [0.4, 0.5) is 0 Å². The highest BCUT2D eigenvalue weighted by Crippen LogP contribution is 2.23. The number of aromatic nitrogens is 2. The zero-order valence-electron chi connectivity index (χ0n) is 13.0. The highest BCUT2D eigenvalue weighted by molar-refractivity contribution is 6.30. The number of hydrogen-bond acceptors (Lipinski definition) is 2. The molecule has 1 N–H and O–H groups in total. The van der Waals surface area contributed by atoms with Gasteiger partial charge in [0, 0.05) is 36.3 Å². The van der Waals surface area contributed by atoms with Crippen molar-refractivity contribution in [3.8, 4) is 0 Å². The number of aryl methyl sites for hydroxylation is 1. The van der Waals surface area contributed by atoms with E-state index in [1.807, 2.05) is 23.0 Å². The van der Waals surface area contributed by atoms with E-state index in [1.54, 1.807) is 0 Å². The Balaban J connectivity index is 2.15. The van der Waals surface area contributed by atoms with Gasteiger partial charge in [-0.25, -0.2) is 0 Å². The molecule has 0 spiro atoms. The van der Waals surface area contributed by atoms with Gasteiger partial charge in [-0.05, 0) is 36.6 Å². The second-order valence-corrected chi connectivity index (χ2v) is 6.16. The standard InChI is InChI=1S/C17H24ClN3/c1-4-21-12-14(10-20-21)8-16(11-19-13(2)3)15-6-5-7-17(18)9-15/h5-7,9-10,12-13,16,19H,4,8,11H2,1-3H3. The lowest BCUT2D eigenvalue weighted by Crippen LogP contribution is -2.28. The minimum atomic E-state index is 0.403. The van der Waals surface area contributed by atoms with Gasteiger partial charge in [-0.3, -0.25) is 4.68 Å². The molecule has 4 heteroatoms. The maximum Gasteiger partial charge on any atom is 0.0521 e. The average molecular weight is 306 g/mol. The molecule has 3 nitrogen and oxygen atoms in total. The van der Waals surface area contributed by atoms with Crippen molar-refractivity contribution in [1.82, 2.24) is 15.1 Å². The van der Waals surface area contributed by atoms with E-state index in [2.05, 4.69) is 49.5 Å². The van der Waals surface area contributed by atoms with Crippen molar-refractivity contribution in [1.29, 1.82) is 0 Å². The van der Waals surface area contributed by atoms with Gasteiger partial charge in [-0.2, -0.15) is 5.10 Å². The number of benzene rings is 1. The molecule has 0 saturated heterocycles. The molecule has 0 bridgehead atoms. The fraction of sp³-hybridized carbons (Fsp3) is 0.471. The summed E-state index contributed by atoms with van der Waals surface area (Å²) in [4.78, 5) is 0. The maximum atomic E-state index is 6.14. The minimum Gasteiger partial charge on any atom is -0.314 e. The zero-order valence-corrected chi connectivity index (χ0v) is 13.8. The summed E-state index contributed by atoms with van der Waals surface area (Å²) >= 11 is 6.14. The van der Waals surface area contributed by atoms with Gasteiger partial charge >= 0.3 is 0 Å². The van der Waals surface area contributed by atoms with Crippen LogP contribution in [0.5, 0.6) is 0 Å². The van der Waals surface area contributed by atoms with Gasteiger partial charge in [0.1, 0.15) is 0 Å². The fourth-order valence-electron chi connectivity index (χ4n) is 2.42. The third-order valence-electron chi connectivity index (χ3n) is 3.59. The molecule has 21 heavy (non-hydrogen) atoms. The molecule has 0 saturated carbocycles. The van der Waals surface area contributed by atoms with Crippen molar-refractivity contribution in [2.24, 2.45) is 0 Å². The lowest BCUT2D eigenvalue weighted by Gasteiger charge is -2.19. The number of halogens is 1. The van der Waals surface area contributed by atoms with E-state index < -0.39 is 0 Å². The first-order chi connectivity index (χ1) is 10.1. The Morgan fingerprint density at radius 2 is 2.14 bits per heavy atom. The van der Waals surface area contributed by atoms with Crippen LogP contribution in [0, 0.1) is 0 Å². The van der Waals surface area contributed by atoms with E-state index in [-0.39, 0.29) is 0 Å². The summed E-state index contributed by atoms with van der Waals surface area (Å²) in [5.41, 5.74) is 2.55. The van der Waals surface area contributed by atoms with Crippen LogP contribution < -0.4 is 5.32 Å². The molecule has 2 rings (SSSR count). The van der Waals surface area contributed by atoms with E-state index in [4.69, 9.17) is 11.6 Å². The number of rotatable bonds is 7. The Hall–Kier alpha value is -1.32. The minimum absolute atomic E-state index is 0.403. The van der Waals surface area contributed by atoms with Crippen molar-refractivity contribution in [2.75, 3.05) is 6.54 Å². The van der Waals surface area contributed by atoms with Crippen LogP contribution in [-0.4, -0.2) is 22.4 Å². The molecular formula is C17H24ClN3. The molecule has 1 unspecified atom stereocenters. The van der Waals surface area contributed by atoms with Gasteiger partial charge in [-0.15, -0.1) is 0 Å². The molecule has 1 aromatic carbocycles. The predicted octanol–water partition coefficient (Wildman–Crippen LogP) is 3.88. The topological polar surface area (TPSA) is 29.9 Å². The molecule has 0 amide bonds. The van der Waals surface area contributed by atoms with Crippen LogP contribution in [0.2, 0.25) is 5.02 Å². The van der Waals surface area contributed by atoms with Gasteiger partial charge in [-0.1, -0.05) is 37.6 Å². The van der Waals surface area contributed by atoms with Crippen LogP contribution >= 0.6 is 11.6 Å². The lowest BCUT2D eigenvalue weighted by atomic mass is 9.93. The number of nitrogens with one attached hydrogen (secondary N) is 1. The fourth-order valence-corrected chi connectivity index (χ4v) is 2.61. The monoisotopic (exact) mass is 305 g/mol. The van der Waals surface area contributed by atoms with Gasteiger partial charge in [0.25, 0.3) is 0 Å². The first kappa shape index (κ1) is 16.1. The average Bonchev–Trinajstić information content (AvgIpc) is 2.91. The van der Waals surface area contributed by atoms with Gasteiger partial charge in [0.05, 0.1) is 6.20 Å². The van der Waals surface area contributed by atoms with Gasteiger partial charge in [0.2, 0.25) is 0 Å². The molecule has 1 atom stereocenters. The molecule has 1 aromatic heterocycles. The third-order valence-corrected chi connectivity index (χ3v) is 3.82. The van der Waals surface area contributed by atoms with E-state index in [0.29, 0.717) is 12.0 Å². The van der Waals surface area contributed by atoms with Crippen LogP contribution in [0.3, 0.4) is 0 Å². The van der Waals surface area contributed by atoms with E-state index in [0.717, 1.165) is 24.5 Å². The summed E-state index contributed by atoms with van der Waals surface area (Å²) < 4.78 is 1.97. The molecule has 0 radical (unpaired) electrons. The van der Waals surface area contributed by atoms with Gasteiger partial charge < -0.3 is 5.32 Å². The Morgan fingerprint density at radius 3 is 2.76 bits per heavy atom. The number of hydrogen-bond donors (Lipinski definition) is 1. The summed E-state index contributed by atoms with van der Waals surface area (Å²) in [6.45, 7) is 8.29. The van der Waals surface area contributed by atoms with Crippen molar-refractivity contribution in [3.63, 3.8) is 0 Å². The maximum absolute atomic E-state index is 6.14. The number of nitrogens with zero attached hydrogens (tertiary/aromatic N) is 2. The summed E-state index contributed by atoms with van der Waals surface area (Å²) in [6.07, 6.45) is 5.07. The molecule has 0 aliphatic carbocycles. The van der Waals surface area contributed by atoms with Crippen LogP contribution in [0.25, 0.3) is 0 Å². The normalized spacial score (nSPS) is 12.8. The zero-order chi connectivity index (χ0) is 15.2. The predicted molar refractivity (Wildman–Crippen MR) is 88.9 cm³/mol. The van der Waals surface area contributed by atoms with Crippen LogP contribution in [0.1, 0.15) is 37.8 Å². The summed E-state index contributed by atoms with van der Waals surface area (Å²) in [6, 6.07) is 8.65. The first-order valence-corrected chi connectivity index (χ1v) is 7.96. The molecule has 2 aromatic rings. The summed E-state index contributed by atoms with van der Waals surface area (Å²) in [5.74, 6) is 0.403. The largest absolute Gasteiger partial charge is 0.314 e. The van der Waals surface area contributed by atoms with Crippen LogP contribution in [-0.2, 0) is 13.0 Å². The Labute approximate surface area is 132 Å². The van der Waals surface area contributed by atoms with Crippen LogP contribution in [0.15, 0.2) is 36.7 Å². The van der Waals surface area contributed by atoms with E-state index in [1.165, 1.54) is 11.1 Å². The lowest BCUT2D eigenvalue weighted by molar-refractivity contribution is 0.526. The summed E-state index contributed by atoms with van der Waals surface area (Å²) in [7, 11) is 0. The molecular weight excluding hydrogens is 282 g/mol. The quantitative estimate of drug-likeness (QED) is 0.841. The first-order valence-electron chi connectivity index (χ1n) is 7.58. The second kappa shape index (κ2) is 7.62. The third kappa shape index (κ3) is 4.87. The Bertz CT molecular complexity index is 563. The van der Waals surface area contributed by atoms with E-state index >= 15 is 0 Å².